The summed E-state index contributed by atoms with van der Waals surface area (Å²) in [6.45, 7) is 3.22. The first-order valence-corrected chi connectivity index (χ1v) is 7.99. The van der Waals surface area contributed by atoms with Crippen LogP contribution >= 0.6 is 0 Å². The number of piperidine rings is 1. The summed E-state index contributed by atoms with van der Waals surface area (Å²) in [6.07, 6.45) is 5.83. The zero-order valence-electron chi connectivity index (χ0n) is 12.5. The zero-order valence-corrected chi connectivity index (χ0v) is 12.5. The molecule has 0 amide bonds. The molecule has 2 heterocycles. The largest absolute Gasteiger partial charge is 0.486 e. The van der Waals surface area contributed by atoms with Crippen molar-refractivity contribution in [3.63, 3.8) is 0 Å². The minimum absolute atomic E-state index is 0.000278. The maximum atomic E-state index is 10.5. The molecule has 1 spiro atoms. The van der Waals surface area contributed by atoms with Crippen LogP contribution in [0.15, 0.2) is 24.3 Å². The maximum absolute atomic E-state index is 10.5. The highest BCUT2D eigenvalue weighted by molar-refractivity contribution is 5.59. The summed E-state index contributed by atoms with van der Waals surface area (Å²) in [5, 5.41) is 10.5. The fourth-order valence-corrected chi connectivity index (χ4v) is 5.39. The van der Waals surface area contributed by atoms with Gasteiger partial charge in [0.1, 0.15) is 18.0 Å². The highest BCUT2D eigenvalue weighted by atomic mass is 16.5. The second-order valence-electron chi connectivity index (χ2n) is 7.23. The van der Waals surface area contributed by atoms with Crippen molar-refractivity contribution in [2.24, 2.45) is 5.92 Å². The van der Waals surface area contributed by atoms with E-state index < -0.39 is 6.10 Å². The van der Waals surface area contributed by atoms with E-state index in [1.54, 1.807) is 0 Å². The van der Waals surface area contributed by atoms with Crippen molar-refractivity contribution in [2.75, 3.05) is 13.6 Å². The van der Waals surface area contributed by atoms with E-state index in [4.69, 9.17) is 4.74 Å². The van der Waals surface area contributed by atoms with Gasteiger partial charge in [-0.3, -0.25) is 0 Å². The molecule has 1 fully saturated rings. The molecule has 2 aliphatic carbocycles. The molecule has 3 nitrogen and oxygen atoms in total. The summed E-state index contributed by atoms with van der Waals surface area (Å²) in [4.78, 5) is 2.50. The van der Waals surface area contributed by atoms with Crippen molar-refractivity contribution in [1.29, 1.82) is 0 Å². The molecule has 1 aromatic rings. The molecular formula is C18H21NO2. The van der Waals surface area contributed by atoms with Crippen LogP contribution in [0.1, 0.15) is 23.1 Å². The number of hydrogen-bond acceptors (Lipinski definition) is 3. The third-order valence-corrected chi connectivity index (χ3v) is 6.37. The zero-order chi connectivity index (χ0) is 14.4. The number of hydrogen-bond donors (Lipinski definition) is 1. The molecule has 3 heteroatoms. The van der Waals surface area contributed by atoms with E-state index in [9.17, 15) is 5.11 Å². The first-order valence-electron chi connectivity index (χ1n) is 7.99. The fraction of sp³-hybridized carbons (Fsp3) is 0.556. The lowest BCUT2D eigenvalue weighted by atomic mass is 9.53. The molecule has 21 heavy (non-hydrogen) atoms. The monoisotopic (exact) mass is 283 g/mol. The van der Waals surface area contributed by atoms with Crippen LogP contribution in [-0.2, 0) is 11.8 Å². The van der Waals surface area contributed by atoms with Gasteiger partial charge in [-0.15, -0.1) is 0 Å². The lowest BCUT2D eigenvalue weighted by molar-refractivity contribution is -0.0451. The molecule has 5 rings (SSSR count). The van der Waals surface area contributed by atoms with Crippen molar-refractivity contribution >= 4 is 0 Å². The molecule has 5 atom stereocenters. The van der Waals surface area contributed by atoms with Crippen LogP contribution < -0.4 is 4.74 Å². The van der Waals surface area contributed by atoms with E-state index in [0.717, 1.165) is 25.1 Å². The Balaban J connectivity index is 1.84. The van der Waals surface area contributed by atoms with Crippen LogP contribution in [0, 0.1) is 12.8 Å². The number of ether oxygens (including phenoxy) is 1. The number of likely N-dealkylation sites (tertiary alicyclic amines) is 1. The Morgan fingerprint density at radius 1 is 1.33 bits per heavy atom. The molecule has 1 N–H and O–H groups in total. The molecule has 0 radical (unpaired) electrons. The highest BCUT2D eigenvalue weighted by Crippen LogP contribution is 2.61. The molecular weight excluding hydrogens is 262 g/mol. The van der Waals surface area contributed by atoms with Gasteiger partial charge in [0, 0.05) is 22.9 Å². The van der Waals surface area contributed by atoms with Gasteiger partial charge in [-0.05, 0) is 44.5 Å². The smallest absolute Gasteiger partial charge is 0.138 e. The second-order valence-corrected chi connectivity index (χ2v) is 7.23. The van der Waals surface area contributed by atoms with Crippen molar-refractivity contribution in [2.45, 2.75) is 43.4 Å². The molecule has 1 unspecified atom stereocenters. The lowest BCUT2D eigenvalue weighted by Crippen LogP contribution is -2.64. The molecule has 1 saturated heterocycles. The first-order chi connectivity index (χ1) is 10.1. The topological polar surface area (TPSA) is 32.7 Å². The van der Waals surface area contributed by atoms with E-state index in [-0.39, 0.29) is 11.5 Å². The Hall–Kier alpha value is -1.32. The normalized spacial score (nSPS) is 42.6. The third-order valence-electron chi connectivity index (χ3n) is 6.37. The summed E-state index contributed by atoms with van der Waals surface area (Å²) in [5.41, 5.74) is 4.07. The van der Waals surface area contributed by atoms with Crippen LogP contribution in [0.25, 0.3) is 0 Å². The lowest BCUT2D eigenvalue weighted by Gasteiger charge is -2.56. The summed E-state index contributed by atoms with van der Waals surface area (Å²) in [5.74, 6) is 1.54. The third kappa shape index (κ3) is 1.24. The van der Waals surface area contributed by atoms with Gasteiger partial charge in [-0.2, -0.15) is 0 Å². The Kier molecular flexibility index (Phi) is 2.16. The predicted molar refractivity (Wildman–Crippen MR) is 80.6 cm³/mol. The van der Waals surface area contributed by atoms with Gasteiger partial charge in [0.15, 0.2) is 0 Å². The standard InChI is InChI=1S/C18H21NO2/c1-10-3-4-11-9-13-12-5-6-14(20)17-18(12,7-8-19(13)2)15(11)16(10)21-17/h3-6,12-14,17,20H,7-9H2,1-2H3/t12-,13?,14-,17-,18-/m0/s1. The van der Waals surface area contributed by atoms with Crippen LogP contribution in [0.3, 0.4) is 0 Å². The molecule has 0 aromatic heterocycles. The van der Waals surface area contributed by atoms with Crippen molar-refractivity contribution in [3.05, 3.63) is 41.0 Å². The van der Waals surface area contributed by atoms with Crippen molar-refractivity contribution < 1.29 is 9.84 Å². The van der Waals surface area contributed by atoms with Crippen LogP contribution in [0.2, 0.25) is 0 Å². The predicted octanol–water partition coefficient (Wildman–Crippen LogP) is 1.80. The average molecular weight is 283 g/mol. The van der Waals surface area contributed by atoms with Gasteiger partial charge in [-0.1, -0.05) is 24.3 Å². The van der Waals surface area contributed by atoms with Gasteiger partial charge < -0.3 is 14.7 Å². The molecule has 1 aromatic carbocycles. The highest BCUT2D eigenvalue weighted by Gasteiger charge is 2.63. The SMILES string of the molecule is Cc1ccc2c3c1O[C@H]1[C@@H](O)C=C[C@H]4C(C2)N(C)CC[C@@]341. The number of aliphatic hydroxyl groups is 1. The quantitative estimate of drug-likeness (QED) is 0.737. The van der Waals surface area contributed by atoms with Crippen LogP contribution in [-0.4, -0.2) is 41.8 Å². The van der Waals surface area contributed by atoms with Gasteiger partial charge >= 0.3 is 0 Å². The van der Waals surface area contributed by atoms with Crippen molar-refractivity contribution in [1.82, 2.24) is 4.90 Å². The Morgan fingerprint density at radius 2 is 2.19 bits per heavy atom. The fourth-order valence-electron chi connectivity index (χ4n) is 5.39. The van der Waals surface area contributed by atoms with E-state index in [0.29, 0.717) is 12.0 Å². The minimum atomic E-state index is -0.483. The molecule has 2 aliphatic heterocycles. The van der Waals surface area contributed by atoms with Gasteiger partial charge in [0.05, 0.1) is 0 Å². The van der Waals surface area contributed by atoms with E-state index >= 15 is 0 Å². The first kappa shape index (κ1) is 12.2. The average Bonchev–Trinajstić information content (AvgIpc) is 2.83. The Bertz CT molecular complexity index is 667. The number of likely N-dealkylation sites (N-methyl/N-ethyl adjacent to an activating group) is 1. The second kappa shape index (κ2) is 3.71. The molecule has 4 aliphatic rings. The van der Waals surface area contributed by atoms with Crippen LogP contribution in [0.5, 0.6) is 5.75 Å². The Labute approximate surface area is 125 Å². The number of nitrogens with zero attached hydrogens (tertiary/aromatic N) is 1. The number of rotatable bonds is 0. The molecule has 110 valence electrons. The van der Waals surface area contributed by atoms with Gasteiger partial charge in [0.25, 0.3) is 0 Å². The number of aryl methyl sites for hydroxylation is 1. The van der Waals surface area contributed by atoms with Gasteiger partial charge in [-0.25, -0.2) is 0 Å². The number of aliphatic hydroxyl groups excluding tert-OH is 1. The minimum Gasteiger partial charge on any atom is -0.486 e. The summed E-state index contributed by atoms with van der Waals surface area (Å²) >= 11 is 0. The number of benzene rings is 1. The van der Waals surface area contributed by atoms with E-state index in [2.05, 4.69) is 37.1 Å². The molecule has 2 bridgehead atoms. The maximum Gasteiger partial charge on any atom is 0.138 e. The summed E-state index contributed by atoms with van der Waals surface area (Å²) < 4.78 is 6.34. The van der Waals surface area contributed by atoms with Gasteiger partial charge in [0.2, 0.25) is 0 Å². The summed E-state index contributed by atoms with van der Waals surface area (Å²) in [7, 11) is 2.24. The van der Waals surface area contributed by atoms with E-state index in [1.807, 2.05) is 6.08 Å². The molecule has 0 saturated carbocycles. The van der Waals surface area contributed by atoms with Crippen molar-refractivity contribution in [3.8, 4) is 5.75 Å². The Morgan fingerprint density at radius 3 is 3.05 bits per heavy atom. The summed E-state index contributed by atoms with van der Waals surface area (Å²) in [6, 6.07) is 5.00. The van der Waals surface area contributed by atoms with E-state index in [1.165, 1.54) is 16.7 Å². The van der Waals surface area contributed by atoms with Crippen LogP contribution in [0.4, 0.5) is 0 Å².